The van der Waals surface area contributed by atoms with Gasteiger partial charge in [-0.15, -0.1) is 0 Å². The zero-order chi connectivity index (χ0) is 19.0. The van der Waals surface area contributed by atoms with Crippen LogP contribution in [0, 0.1) is 12.7 Å². The average Bonchev–Trinajstić information content (AvgIpc) is 2.71. The summed E-state index contributed by atoms with van der Waals surface area (Å²) in [5, 5.41) is 2.73. The number of hydrogen-bond donors (Lipinski definition) is 2. The van der Waals surface area contributed by atoms with Crippen LogP contribution in [0.25, 0.3) is 6.08 Å². The van der Waals surface area contributed by atoms with Crippen molar-refractivity contribution in [3.63, 3.8) is 0 Å². The van der Waals surface area contributed by atoms with Crippen molar-refractivity contribution in [1.29, 1.82) is 0 Å². The molecule has 0 unspecified atom stereocenters. The number of nitrogens with one attached hydrogen (secondary N) is 1. The third-order valence-electron chi connectivity index (χ3n) is 4.90. The molecule has 0 bridgehead atoms. The molecule has 0 aliphatic carbocycles. The molecule has 1 aromatic carbocycles. The molecule has 1 aliphatic rings. The van der Waals surface area contributed by atoms with Crippen molar-refractivity contribution in [1.82, 2.24) is 5.32 Å². The first-order chi connectivity index (χ1) is 11.4. The van der Waals surface area contributed by atoms with Crippen LogP contribution in [0.4, 0.5) is 10.1 Å². The van der Waals surface area contributed by atoms with Gasteiger partial charge in [-0.1, -0.05) is 12.1 Å². The first kappa shape index (κ1) is 19.5. The summed E-state index contributed by atoms with van der Waals surface area (Å²) in [7, 11) is -0.672. The van der Waals surface area contributed by atoms with Crippen LogP contribution < -0.4 is 11.1 Å². The fourth-order valence-corrected chi connectivity index (χ4v) is 2.46. The lowest BCUT2D eigenvalue weighted by atomic mass is 9.76. The normalized spacial score (nSPS) is 19.2. The van der Waals surface area contributed by atoms with Crippen LogP contribution in [-0.2, 0) is 14.1 Å². The van der Waals surface area contributed by atoms with E-state index in [2.05, 4.69) is 5.32 Å². The van der Waals surface area contributed by atoms with Gasteiger partial charge in [0.1, 0.15) is 5.82 Å². The Kier molecular flexibility index (Phi) is 5.30. The minimum absolute atomic E-state index is 0.184. The van der Waals surface area contributed by atoms with E-state index in [1.165, 1.54) is 6.92 Å². The van der Waals surface area contributed by atoms with Crippen molar-refractivity contribution in [3.05, 3.63) is 34.5 Å². The summed E-state index contributed by atoms with van der Waals surface area (Å²) in [6.07, 6.45) is 1.65. The van der Waals surface area contributed by atoms with Gasteiger partial charge in [-0.3, -0.25) is 4.79 Å². The maximum Gasteiger partial charge on any atom is 0.492 e. The third kappa shape index (κ3) is 4.04. The van der Waals surface area contributed by atoms with Crippen molar-refractivity contribution < 1.29 is 18.5 Å². The summed E-state index contributed by atoms with van der Waals surface area (Å²) < 4.78 is 26.6. The second kappa shape index (κ2) is 6.80. The van der Waals surface area contributed by atoms with E-state index in [0.717, 1.165) is 0 Å². The molecule has 1 fully saturated rings. The number of carbonyl (C=O) groups is 1. The first-order valence-corrected chi connectivity index (χ1v) is 8.30. The molecule has 25 heavy (non-hydrogen) atoms. The fraction of sp³-hybridized carbons (Fsp3) is 0.500. The van der Waals surface area contributed by atoms with Gasteiger partial charge in [0.15, 0.2) is 0 Å². The maximum atomic E-state index is 14.5. The number of carbonyl (C=O) groups excluding carboxylic acids is 1. The van der Waals surface area contributed by atoms with Gasteiger partial charge in [0.25, 0.3) is 0 Å². The molecular formula is C18H26BFN2O3. The van der Waals surface area contributed by atoms with Gasteiger partial charge < -0.3 is 20.4 Å². The zero-order valence-electron chi connectivity index (χ0n) is 15.7. The molecule has 0 saturated carbocycles. The number of rotatable bonds is 4. The Morgan fingerprint density at radius 1 is 1.28 bits per heavy atom. The Labute approximate surface area is 148 Å². The molecule has 5 nitrogen and oxygen atoms in total. The number of halogens is 1. The van der Waals surface area contributed by atoms with Gasteiger partial charge in [0, 0.05) is 30.3 Å². The molecule has 0 radical (unpaired) electrons. The fourth-order valence-electron chi connectivity index (χ4n) is 2.46. The minimum Gasteiger partial charge on any atom is -0.400 e. The highest BCUT2D eigenvalue weighted by Gasteiger charge is 2.52. The van der Waals surface area contributed by atoms with Crippen molar-refractivity contribution in [2.75, 3.05) is 12.3 Å². The van der Waals surface area contributed by atoms with E-state index in [9.17, 15) is 9.18 Å². The van der Waals surface area contributed by atoms with Crippen LogP contribution in [0.5, 0.6) is 0 Å². The molecule has 1 amide bonds. The van der Waals surface area contributed by atoms with Crippen LogP contribution in [0.1, 0.15) is 45.7 Å². The summed E-state index contributed by atoms with van der Waals surface area (Å²) >= 11 is 0. The summed E-state index contributed by atoms with van der Waals surface area (Å²) in [6.45, 7) is 11.0. The van der Waals surface area contributed by atoms with Crippen molar-refractivity contribution in [3.8, 4) is 0 Å². The predicted octanol–water partition coefficient (Wildman–Crippen LogP) is 2.87. The first-order valence-electron chi connectivity index (χ1n) is 8.30. The molecule has 0 atom stereocenters. The van der Waals surface area contributed by atoms with Gasteiger partial charge in [0.2, 0.25) is 5.91 Å². The smallest absolute Gasteiger partial charge is 0.400 e. The Bertz CT molecular complexity index is 701. The standard InChI is InChI=1S/C18H26BFN2O3/c1-11-15(21)8-7-13(16(11)20)9-14(10-22-12(2)23)19-24-17(3,4)18(5,6)25-19/h7-9H,10,21H2,1-6H3,(H,22,23). The number of hydrogen-bond acceptors (Lipinski definition) is 4. The average molecular weight is 348 g/mol. The highest BCUT2D eigenvalue weighted by Crippen LogP contribution is 2.39. The van der Waals surface area contributed by atoms with Crippen LogP contribution in [0.2, 0.25) is 0 Å². The maximum absolute atomic E-state index is 14.5. The monoisotopic (exact) mass is 348 g/mol. The Morgan fingerprint density at radius 3 is 2.36 bits per heavy atom. The second-order valence-electron chi connectivity index (χ2n) is 7.40. The van der Waals surface area contributed by atoms with E-state index in [0.29, 0.717) is 22.3 Å². The number of nitrogen functional groups attached to an aromatic ring is 1. The van der Waals surface area contributed by atoms with E-state index in [1.807, 2.05) is 27.7 Å². The molecule has 2 rings (SSSR count). The van der Waals surface area contributed by atoms with Crippen LogP contribution in [0.3, 0.4) is 0 Å². The molecule has 3 N–H and O–H groups in total. The van der Waals surface area contributed by atoms with Crippen molar-refractivity contribution >= 4 is 24.8 Å². The minimum atomic E-state index is -0.672. The second-order valence-corrected chi connectivity index (χ2v) is 7.40. The summed E-state index contributed by atoms with van der Waals surface area (Å²) in [5.74, 6) is -0.576. The molecule has 0 aromatic heterocycles. The Balaban J connectivity index is 2.40. The summed E-state index contributed by atoms with van der Waals surface area (Å²) in [5.41, 5.74) is 6.49. The highest BCUT2D eigenvalue weighted by molar-refractivity contribution is 6.56. The van der Waals surface area contributed by atoms with E-state index in [1.54, 1.807) is 25.1 Å². The van der Waals surface area contributed by atoms with Crippen molar-refractivity contribution in [2.24, 2.45) is 0 Å². The molecule has 1 heterocycles. The zero-order valence-corrected chi connectivity index (χ0v) is 15.7. The third-order valence-corrected chi connectivity index (χ3v) is 4.90. The lowest BCUT2D eigenvalue weighted by Crippen LogP contribution is -2.41. The largest absolute Gasteiger partial charge is 0.492 e. The van der Waals surface area contributed by atoms with Gasteiger partial charge in [-0.25, -0.2) is 4.39 Å². The van der Waals surface area contributed by atoms with Gasteiger partial charge >= 0.3 is 7.12 Å². The number of benzene rings is 1. The van der Waals surface area contributed by atoms with Crippen LogP contribution >= 0.6 is 0 Å². The number of amides is 1. The highest BCUT2D eigenvalue weighted by atomic mass is 19.1. The SMILES string of the molecule is CC(=O)NCC(=Cc1ccc(N)c(C)c1F)B1OC(C)(C)C(C)(C)O1. The summed E-state index contributed by atoms with van der Waals surface area (Å²) in [4.78, 5) is 11.3. The molecule has 7 heteroatoms. The lowest BCUT2D eigenvalue weighted by Gasteiger charge is -2.32. The Hall–Kier alpha value is -1.86. The van der Waals surface area contributed by atoms with Crippen LogP contribution in [-0.4, -0.2) is 30.8 Å². The van der Waals surface area contributed by atoms with E-state index >= 15 is 0 Å². The van der Waals surface area contributed by atoms with Gasteiger partial charge in [-0.2, -0.15) is 0 Å². The number of anilines is 1. The van der Waals surface area contributed by atoms with Crippen molar-refractivity contribution in [2.45, 2.75) is 52.7 Å². The molecule has 136 valence electrons. The topological polar surface area (TPSA) is 73.6 Å². The van der Waals surface area contributed by atoms with Crippen LogP contribution in [0.15, 0.2) is 17.6 Å². The lowest BCUT2D eigenvalue weighted by molar-refractivity contribution is -0.118. The molecule has 1 aromatic rings. The van der Waals surface area contributed by atoms with E-state index in [4.69, 9.17) is 15.0 Å². The molecular weight excluding hydrogens is 322 g/mol. The molecule has 1 aliphatic heterocycles. The van der Waals surface area contributed by atoms with E-state index in [-0.39, 0.29) is 12.5 Å². The predicted molar refractivity (Wildman–Crippen MR) is 98.3 cm³/mol. The molecule has 1 saturated heterocycles. The molecule has 0 spiro atoms. The van der Waals surface area contributed by atoms with E-state index < -0.39 is 24.1 Å². The summed E-state index contributed by atoms with van der Waals surface area (Å²) in [6, 6.07) is 3.27. The Morgan fingerprint density at radius 2 is 1.84 bits per heavy atom. The van der Waals surface area contributed by atoms with Gasteiger partial charge in [0.05, 0.1) is 11.2 Å². The van der Waals surface area contributed by atoms with Gasteiger partial charge in [-0.05, 0) is 46.2 Å². The quantitative estimate of drug-likeness (QED) is 0.648. The number of nitrogens with two attached hydrogens (primary N) is 1.